The van der Waals surface area contributed by atoms with E-state index < -0.39 is 11.6 Å². The number of amides is 1. The van der Waals surface area contributed by atoms with Crippen LogP contribution in [0.25, 0.3) is 22.0 Å². The van der Waals surface area contributed by atoms with Gasteiger partial charge in [0.15, 0.2) is 0 Å². The molecule has 0 unspecified atom stereocenters. The van der Waals surface area contributed by atoms with Gasteiger partial charge in [0.1, 0.15) is 11.6 Å². The van der Waals surface area contributed by atoms with Crippen LogP contribution in [0.2, 0.25) is 0 Å². The number of aryl methyl sites for hydroxylation is 3. The zero-order valence-electron chi connectivity index (χ0n) is 19.8. The number of benzene rings is 2. The zero-order valence-corrected chi connectivity index (χ0v) is 19.8. The maximum absolute atomic E-state index is 14.0. The average molecular weight is 464 g/mol. The lowest BCUT2D eigenvalue weighted by Crippen LogP contribution is -2.28. The highest BCUT2D eigenvalue weighted by atomic mass is 19.1. The highest BCUT2D eigenvalue weighted by Crippen LogP contribution is 2.33. The number of fused-ring (bicyclic) bond motifs is 1. The largest absolute Gasteiger partial charge is 0.348 e. The average Bonchev–Trinajstić information content (AvgIpc) is 3.08. The van der Waals surface area contributed by atoms with E-state index in [4.69, 9.17) is 0 Å². The number of carbonyl (C=O) groups excluding carboxylic acids is 1. The van der Waals surface area contributed by atoms with Crippen molar-refractivity contribution in [3.63, 3.8) is 0 Å². The van der Waals surface area contributed by atoms with Gasteiger partial charge in [0, 0.05) is 52.6 Å². The normalized spacial score (nSPS) is 11.4. The fraction of sp³-hybridized carbons (Fsp3) is 0.259. The number of rotatable bonds is 5. The molecule has 2 aromatic carbocycles. The number of aromatic amines is 1. The number of H-pyrrole nitrogens is 1. The van der Waals surface area contributed by atoms with Crippen molar-refractivity contribution in [3.05, 3.63) is 92.5 Å². The molecule has 34 heavy (non-hydrogen) atoms. The van der Waals surface area contributed by atoms with Crippen LogP contribution in [0.1, 0.15) is 52.6 Å². The Morgan fingerprint density at radius 3 is 2.24 bits per heavy atom. The number of halogens is 2. The molecule has 1 amide bonds. The Labute approximate surface area is 196 Å². The Morgan fingerprint density at radius 2 is 1.62 bits per heavy atom. The fourth-order valence-electron chi connectivity index (χ4n) is 4.45. The van der Waals surface area contributed by atoms with Crippen molar-refractivity contribution >= 4 is 16.8 Å². The Hall–Kier alpha value is -3.74. The van der Waals surface area contributed by atoms with Gasteiger partial charge in [-0.1, -0.05) is 0 Å². The molecule has 2 N–H and O–H groups in total. The second-order valence-electron chi connectivity index (χ2n) is 9.01. The van der Waals surface area contributed by atoms with Crippen molar-refractivity contribution in [2.75, 3.05) is 0 Å². The van der Waals surface area contributed by atoms with E-state index in [-0.39, 0.29) is 24.1 Å². The lowest BCUT2D eigenvalue weighted by Gasteiger charge is -2.14. The predicted octanol–water partition coefficient (Wildman–Crippen LogP) is 5.71. The molecular weight excluding hydrogens is 436 g/mol. The summed E-state index contributed by atoms with van der Waals surface area (Å²) in [6.07, 6.45) is 1.97. The number of aromatic nitrogens is 2. The van der Waals surface area contributed by atoms with Crippen LogP contribution in [-0.4, -0.2) is 15.5 Å². The Bertz CT molecular complexity index is 1460. The molecule has 7 heteroatoms. The van der Waals surface area contributed by atoms with E-state index in [9.17, 15) is 18.4 Å². The van der Waals surface area contributed by atoms with Crippen molar-refractivity contribution in [2.24, 2.45) is 0 Å². The highest BCUT2D eigenvalue weighted by Gasteiger charge is 2.20. The van der Waals surface area contributed by atoms with E-state index in [1.165, 1.54) is 12.1 Å². The van der Waals surface area contributed by atoms with Gasteiger partial charge in [-0.3, -0.25) is 9.59 Å². The predicted molar refractivity (Wildman–Crippen MR) is 130 cm³/mol. The third-order valence-corrected chi connectivity index (χ3v) is 6.04. The molecule has 4 aromatic rings. The van der Waals surface area contributed by atoms with Gasteiger partial charge in [0.2, 0.25) is 0 Å². The van der Waals surface area contributed by atoms with Gasteiger partial charge in [0.05, 0.1) is 0 Å². The van der Waals surface area contributed by atoms with Crippen LogP contribution in [0.3, 0.4) is 0 Å². The standard InChI is InChI=1S/C27H27F2N3O2/c1-14(2)32-13-16(4)25-22(26(33)30-12-23-15(3)6-17(5)31-27(23)34)9-19(10-24(25)32)18-7-20(28)11-21(29)8-18/h6-11,13-14H,12H2,1-5H3,(H,30,33)(H,31,34). The van der Waals surface area contributed by atoms with E-state index in [1.54, 1.807) is 13.0 Å². The fourth-order valence-corrected chi connectivity index (χ4v) is 4.45. The number of pyridine rings is 1. The zero-order chi connectivity index (χ0) is 24.7. The summed E-state index contributed by atoms with van der Waals surface area (Å²) in [5.74, 6) is -1.75. The number of nitrogens with one attached hydrogen (secondary N) is 2. The molecule has 0 spiro atoms. The Kier molecular flexibility index (Phi) is 6.13. The van der Waals surface area contributed by atoms with E-state index in [1.807, 2.05) is 50.6 Å². The minimum atomic E-state index is -0.689. The molecule has 176 valence electrons. The lowest BCUT2D eigenvalue weighted by molar-refractivity contribution is 0.0952. The monoisotopic (exact) mass is 463 g/mol. The molecule has 2 heterocycles. The van der Waals surface area contributed by atoms with Crippen LogP contribution >= 0.6 is 0 Å². The summed E-state index contributed by atoms with van der Waals surface area (Å²) < 4.78 is 29.9. The van der Waals surface area contributed by atoms with E-state index in [2.05, 4.69) is 10.3 Å². The number of carbonyl (C=O) groups is 1. The topological polar surface area (TPSA) is 66.9 Å². The van der Waals surface area contributed by atoms with Crippen LogP contribution in [-0.2, 0) is 6.54 Å². The summed E-state index contributed by atoms with van der Waals surface area (Å²) in [4.78, 5) is 28.5. The first-order valence-corrected chi connectivity index (χ1v) is 11.1. The summed E-state index contributed by atoms with van der Waals surface area (Å²) in [7, 11) is 0. The second-order valence-corrected chi connectivity index (χ2v) is 9.01. The molecule has 0 saturated carbocycles. The Morgan fingerprint density at radius 1 is 0.971 bits per heavy atom. The van der Waals surface area contributed by atoms with Gasteiger partial charge in [-0.05, 0) is 87.2 Å². The molecule has 0 radical (unpaired) electrons. The summed E-state index contributed by atoms with van der Waals surface area (Å²) >= 11 is 0. The Balaban J connectivity index is 1.83. The molecule has 4 rings (SSSR count). The van der Waals surface area contributed by atoms with Crippen molar-refractivity contribution in [1.82, 2.24) is 14.9 Å². The smallest absolute Gasteiger partial charge is 0.253 e. The quantitative estimate of drug-likeness (QED) is 0.398. The molecule has 5 nitrogen and oxygen atoms in total. The van der Waals surface area contributed by atoms with Crippen molar-refractivity contribution in [2.45, 2.75) is 47.2 Å². The third kappa shape index (κ3) is 4.38. The highest BCUT2D eigenvalue weighted by molar-refractivity contribution is 6.09. The summed E-state index contributed by atoms with van der Waals surface area (Å²) in [5, 5.41) is 3.62. The summed E-state index contributed by atoms with van der Waals surface area (Å²) in [6.45, 7) is 9.67. The second kappa shape index (κ2) is 8.89. The minimum absolute atomic E-state index is 0.0601. The maximum Gasteiger partial charge on any atom is 0.253 e. The third-order valence-electron chi connectivity index (χ3n) is 6.04. The maximum atomic E-state index is 14.0. The lowest BCUT2D eigenvalue weighted by atomic mass is 9.97. The molecule has 0 fully saturated rings. The summed E-state index contributed by atoms with van der Waals surface area (Å²) in [5.41, 5.74) is 4.74. The van der Waals surface area contributed by atoms with Gasteiger partial charge in [-0.2, -0.15) is 0 Å². The first kappa shape index (κ1) is 23.4. The molecule has 0 aliphatic rings. The molecule has 0 bridgehead atoms. The summed E-state index contributed by atoms with van der Waals surface area (Å²) in [6, 6.07) is 8.77. The van der Waals surface area contributed by atoms with E-state index >= 15 is 0 Å². The molecular formula is C27H27F2N3O2. The van der Waals surface area contributed by atoms with Crippen LogP contribution < -0.4 is 10.9 Å². The number of nitrogens with zero attached hydrogens (tertiary/aromatic N) is 1. The molecule has 2 aromatic heterocycles. The molecule has 0 saturated heterocycles. The molecule has 0 atom stereocenters. The molecule has 0 aliphatic carbocycles. The van der Waals surface area contributed by atoms with Crippen LogP contribution in [0.5, 0.6) is 0 Å². The van der Waals surface area contributed by atoms with Crippen LogP contribution in [0.4, 0.5) is 8.78 Å². The van der Waals surface area contributed by atoms with E-state index in [0.29, 0.717) is 22.3 Å². The van der Waals surface area contributed by atoms with Crippen LogP contribution in [0, 0.1) is 32.4 Å². The van der Waals surface area contributed by atoms with Crippen molar-refractivity contribution in [3.8, 4) is 11.1 Å². The SMILES string of the molecule is Cc1cc(C)c(CNC(=O)c2cc(-c3cc(F)cc(F)c3)cc3c2c(C)cn3C(C)C)c(=O)[nH]1. The molecule has 0 aliphatic heterocycles. The number of hydrogen-bond acceptors (Lipinski definition) is 2. The van der Waals surface area contributed by atoms with Gasteiger partial charge < -0.3 is 14.9 Å². The van der Waals surface area contributed by atoms with E-state index in [0.717, 1.165) is 33.8 Å². The minimum Gasteiger partial charge on any atom is -0.348 e. The van der Waals surface area contributed by atoms with Gasteiger partial charge >= 0.3 is 0 Å². The van der Waals surface area contributed by atoms with Crippen molar-refractivity contribution < 1.29 is 13.6 Å². The first-order chi connectivity index (χ1) is 16.0. The van der Waals surface area contributed by atoms with Crippen LogP contribution in [0.15, 0.2) is 47.4 Å². The van der Waals surface area contributed by atoms with Gasteiger partial charge in [0.25, 0.3) is 11.5 Å². The first-order valence-electron chi connectivity index (χ1n) is 11.1. The number of hydrogen-bond donors (Lipinski definition) is 2. The van der Waals surface area contributed by atoms with Gasteiger partial charge in [-0.25, -0.2) is 8.78 Å². The van der Waals surface area contributed by atoms with Gasteiger partial charge in [-0.15, -0.1) is 0 Å². The van der Waals surface area contributed by atoms with Crippen molar-refractivity contribution in [1.29, 1.82) is 0 Å².